The average Bonchev–Trinajstić information content (AvgIpc) is 3.08. The zero-order valence-electron chi connectivity index (χ0n) is 19.3. The normalized spacial score (nSPS) is 17.4. The molecule has 1 aliphatic rings. The molecule has 1 unspecified atom stereocenters. The molecule has 4 rings (SSSR count). The van der Waals surface area contributed by atoms with Crippen molar-refractivity contribution in [3.63, 3.8) is 0 Å². The summed E-state index contributed by atoms with van der Waals surface area (Å²) < 4.78 is 5.76. The molecule has 1 amide bonds. The summed E-state index contributed by atoms with van der Waals surface area (Å²) in [5, 5.41) is 11.7. The molecule has 0 spiro atoms. The Balaban J connectivity index is 1.82. The predicted octanol–water partition coefficient (Wildman–Crippen LogP) is 6.31. The zero-order valence-corrected chi connectivity index (χ0v) is 20.0. The van der Waals surface area contributed by atoms with Crippen LogP contribution < -0.4 is 9.64 Å². The Labute approximate surface area is 204 Å². The highest BCUT2D eigenvalue weighted by atomic mass is 35.5. The Morgan fingerprint density at radius 1 is 1.03 bits per heavy atom. The number of Topliss-reactive ketones (excluding diaryl/α,β-unsaturated/α-hetero) is 1. The highest BCUT2D eigenvalue weighted by molar-refractivity contribution is 6.51. The Morgan fingerprint density at radius 2 is 1.71 bits per heavy atom. The van der Waals surface area contributed by atoms with Crippen LogP contribution in [0.5, 0.6) is 5.75 Å². The van der Waals surface area contributed by atoms with Crippen molar-refractivity contribution in [1.29, 1.82) is 0 Å². The molecule has 0 saturated carbocycles. The molecule has 1 saturated heterocycles. The molecule has 5 nitrogen and oxygen atoms in total. The van der Waals surface area contributed by atoms with Crippen LogP contribution in [-0.2, 0) is 9.59 Å². The fraction of sp³-hybridized carbons (Fsp3) is 0.214. The largest absolute Gasteiger partial charge is 0.507 e. The molecular weight excluding hydrogens is 450 g/mol. The van der Waals surface area contributed by atoms with E-state index < -0.39 is 17.7 Å². The number of hydrogen-bond donors (Lipinski definition) is 1. The second kappa shape index (κ2) is 9.74. The van der Waals surface area contributed by atoms with E-state index in [-0.39, 0.29) is 11.3 Å². The molecule has 6 heteroatoms. The van der Waals surface area contributed by atoms with E-state index >= 15 is 0 Å². The summed E-state index contributed by atoms with van der Waals surface area (Å²) in [6, 6.07) is 20.4. The molecule has 0 aromatic heterocycles. The number of ether oxygens (including phenoxy) is 1. The van der Waals surface area contributed by atoms with Crippen LogP contribution in [0.2, 0.25) is 5.02 Å². The van der Waals surface area contributed by atoms with Crippen molar-refractivity contribution >= 4 is 34.7 Å². The first-order chi connectivity index (χ1) is 16.3. The summed E-state index contributed by atoms with van der Waals surface area (Å²) in [4.78, 5) is 27.9. The maximum absolute atomic E-state index is 13.3. The van der Waals surface area contributed by atoms with Gasteiger partial charge < -0.3 is 9.84 Å². The Kier molecular flexibility index (Phi) is 6.75. The van der Waals surface area contributed by atoms with Crippen molar-refractivity contribution in [3.05, 3.63) is 100 Å². The zero-order chi connectivity index (χ0) is 24.4. The van der Waals surface area contributed by atoms with Gasteiger partial charge in [-0.2, -0.15) is 0 Å². The van der Waals surface area contributed by atoms with Crippen LogP contribution in [0.4, 0.5) is 5.69 Å². The second-order valence-corrected chi connectivity index (χ2v) is 9.23. The van der Waals surface area contributed by atoms with E-state index in [1.807, 2.05) is 31.2 Å². The van der Waals surface area contributed by atoms with Crippen molar-refractivity contribution in [1.82, 2.24) is 0 Å². The van der Waals surface area contributed by atoms with Crippen LogP contribution in [-0.4, -0.2) is 23.4 Å². The summed E-state index contributed by atoms with van der Waals surface area (Å²) in [5.41, 5.74) is 2.71. The molecule has 1 fully saturated rings. The number of hydrogen-bond acceptors (Lipinski definition) is 4. The number of aliphatic hydroxyl groups is 1. The maximum atomic E-state index is 13.3. The number of aliphatic hydroxyl groups excluding tert-OH is 1. The lowest BCUT2D eigenvalue weighted by Crippen LogP contribution is -2.29. The van der Waals surface area contributed by atoms with Crippen LogP contribution >= 0.6 is 11.6 Å². The van der Waals surface area contributed by atoms with Gasteiger partial charge in [0.2, 0.25) is 0 Å². The lowest BCUT2D eigenvalue weighted by molar-refractivity contribution is -0.132. The number of carbonyl (C=O) groups is 2. The Morgan fingerprint density at radius 3 is 2.32 bits per heavy atom. The molecule has 1 N–H and O–H groups in total. The van der Waals surface area contributed by atoms with Gasteiger partial charge in [-0.1, -0.05) is 55.3 Å². The van der Waals surface area contributed by atoms with E-state index in [0.717, 1.165) is 11.1 Å². The van der Waals surface area contributed by atoms with Gasteiger partial charge in [-0.05, 0) is 66.9 Å². The van der Waals surface area contributed by atoms with E-state index in [2.05, 4.69) is 13.8 Å². The monoisotopic (exact) mass is 475 g/mol. The smallest absolute Gasteiger partial charge is 0.300 e. The second-order valence-electron chi connectivity index (χ2n) is 8.79. The standard InChI is InChI=1S/C28H26ClNO4/c1-17(2)16-34-23-13-11-22(12-14-23)30-25(20-6-4-5-18(3)15-20)24(27(32)28(30)33)26(31)19-7-9-21(29)10-8-19/h4-15,17,25,31H,16H2,1-3H3/b26-24-. The first-order valence-corrected chi connectivity index (χ1v) is 11.5. The molecule has 1 heterocycles. The maximum Gasteiger partial charge on any atom is 0.300 e. The minimum atomic E-state index is -0.780. The minimum Gasteiger partial charge on any atom is -0.507 e. The summed E-state index contributed by atoms with van der Waals surface area (Å²) in [7, 11) is 0. The van der Waals surface area contributed by atoms with Gasteiger partial charge in [0.1, 0.15) is 11.5 Å². The number of benzene rings is 3. The van der Waals surface area contributed by atoms with Gasteiger partial charge in [-0.25, -0.2) is 0 Å². The van der Waals surface area contributed by atoms with E-state index in [4.69, 9.17) is 16.3 Å². The summed E-state index contributed by atoms with van der Waals surface area (Å²) in [6.45, 7) is 6.65. The highest BCUT2D eigenvalue weighted by Gasteiger charge is 2.47. The third-order valence-electron chi connectivity index (χ3n) is 5.62. The number of rotatable bonds is 6. The van der Waals surface area contributed by atoms with Gasteiger partial charge >= 0.3 is 0 Å². The number of amides is 1. The quantitative estimate of drug-likeness (QED) is 0.258. The molecule has 1 aliphatic heterocycles. The molecule has 0 aliphatic carbocycles. The molecule has 1 atom stereocenters. The minimum absolute atomic E-state index is 0.0399. The van der Waals surface area contributed by atoms with Gasteiger partial charge in [0.15, 0.2) is 0 Å². The fourth-order valence-electron chi connectivity index (χ4n) is 3.98. The van der Waals surface area contributed by atoms with Crippen molar-refractivity contribution in [2.24, 2.45) is 5.92 Å². The number of carbonyl (C=O) groups excluding carboxylic acids is 2. The van der Waals surface area contributed by atoms with Gasteiger partial charge in [-0.15, -0.1) is 0 Å². The molecule has 34 heavy (non-hydrogen) atoms. The van der Waals surface area contributed by atoms with Gasteiger partial charge in [0.05, 0.1) is 18.2 Å². The summed E-state index contributed by atoms with van der Waals surface area (Å²) in [5.74, 6) is -0.605. The van der Waals surface area contributed by atoms with Gasteiger partial charge in [0, 0.05) is 16.3 Å². The van der Waals surface area contributed by atoms with Crippen molar-refractivity contribution in [2.45, 2.75) is 26.8 Å². The van der Waals surface area contributed by atoms with Gasteiger partial charge in [0.25, 0.3) is 11.7 Å². The Hall–Kier alpha value is -3.57. The van der Waals surface area contributed by atoms with E-state index in [0.29, 0.717) is 34.5 Å². The molecule has 0 radical (unpaired) electrons. The fourth-order valence-corrected chi connectivity index (χ4v) is 4.11. The number of ketones is 1. The number of anilines is 1. The lowest BCUT2D eigenvalue weighted by atomic mass is 9.94. The Bertz CT molecular complexity index is 1250. The van der Waals surface area contributed by atoms with Crippen LogP contribution in [0.25, 0.3) is 5.76 Å². The molecular formula is C28H26ClNO4. The van der Waals surface area contributed by atoms with Crippen molar-refractivity contribution < 1.29 is 19.4 Å². The predicted molar refractivity (Wildman–Crippen MR) is 134 cm³/mol. The third-order valence-corrected chi connectivity index (χ3v) is 5.87. The number of nitrogens with zero attached hydrogens (tertiary/aromatic N) is 1. The number of aryl methyl sites for hydroxylation is 1. The van der Waals surface area contributed by atoms with E-state index in [9.17, 15) is 14.7 Å². The first-order valence-electron chi connectivity index (χ1n) is 11.1. The molecule has 3 aromatic rings. The van der Waals surface area contributed by atoms with Crippen molar-refractivity contribution in [3.8, 4) is 5.75 Å². The SMILES string of the molecule is Cc1cccc(C2/C(=C(/O)c3ccc(Cl)cc3)C(=O)C(=O)N2c2ccc(OCC(C)C)cc2)c1. The molecule has 174 valence electrons. The van der Waals surface area contributed by atoms with Gasteiger partial charge in [-0.3, -0.25) is 14.5 Å². The molecule has 0 bridgehead atoms. The van der Waals surface area contributed by atoms with Crippen LogP contribution in [0, 0.1) is 12.8 Å². The van der Waals surface area contributed by atoms with Crippen molar-refractivity contribution in [2.75, 3.05) is 11.5 Å². The average molecular weight is 476 g/mol. The molecule has 3 aromatic carbocycles. The van der Waals surface area contributed by atoms with E-state index in [1.54, 1.807) is 48.5 Å². The van der Waals surface area contributed by atoms with Crippen LogP contribution in [0.3, 0.4) is 0 Å². The van der Waals surface area contributed by atoms with Crippen LogP contribution in [0.1, 0.15) is 36.6 Å². The first kappa shape index (κ1) is 23.6. The highest BCUT2D eigenvalue weighted by Crippen LogP contribution is 2.42. The summed E-state index contributed by atoms with van der Waals surface area (Å²) in [6.07, 6.45) is 0. The van der Waals surface area contributed by atoms with Crippen LogP contribution in [0.15, 0.2) is 78.4 Å². The lowest BCUT2D eigenvalue weighted by Gasteiger charge is -2.26. The van der Waals surface area contributed by atoms with E-state index in [1.165, 1.54) is 4.90 Å². The topological polar surface area (TPSA) is 66.8 Å². The summed E-state index contributed by atoms with van der Waals surface area (Å²) >= 11 is 5.99. The number of halogens is 1. The third kappa shape index (κ3) is 4.70.